The van der Waals surface area contributed by atoms with Gasteiger partial charge >= 0.3 is 0 Å². The lowest BCUT2D eigenvalue weighted by Gasteiger charge is -2.10. The average molecular weight is 470 g/mol. The summed E-state index contributed by atoms with van der Waals surface area (Å²) in [7, 11) is 0. The molecule has 0 aliphatic rings. The molecule has 1 N–H and O–H groups in total. The largest absolute Gasteiger partial charge is 0.487 e. The summed E-state index contributed by atoms with van der Waals surface area (Å²) in [4.78, 5) is 12.7. The smallest absolute Gasteiger partial charge is 0.256 e. The van der Waals surface area contributed by atoms with E-state index >= 15 is 0 Å². The van der Waals surface area contributed by atoms with Gasteiger partial charge in [-0.05, 0) is 35.9 Å². The summed E-state index contributed by atoms with van der Waals surface area (Å²) in [5.74, 6) is 0.226. The van der Waals surface area contributed by atoms with Crippen LogP contribution in [0.2, 0.25) is 10.0 Å². The van der Waals surface area contributed by atoms with Gasteiger partial charge in [0.1, 0.15) is 18.2 Å². The number of hydrogen-bond donors (Lipinski definition) is 1. The average Bonchev–Trinajstić information content (AvgIpc) is 3.23. The minimum atomic E-state index is -0.316. The monoisotopic (exact) mass is 469 g/mol. The standard InChI is InChI=1S/C24H18Cl2FN3O2/c25-19-8-9-20(26)22(13-19)32-15-16-4-3-6-17(12-16)24(31)28-23-10-11-30(29-23)14-18-5-1-2-7-21(18)27/h1-13H,14-15H2,(H,28,29,31). The van der Waals surface area contributed by atoms with Gasteiger partial charge in [-0.2, -0.15) is 5.10 Å². The zero-order valence-electron chi connectivity index (χ0n) is 16.8. The number of carbonyl (C=O) groups is 1. The maximum atomic E-state index is 13.8. The summed E-state index contributed by atoms with van der Waals surface area (Å²) in [6.45, 7) is 0.486. The summed E-state index contributed by atoms with van der Waals surface area (Å²) in [5.41, 5.74) is 1.76. The Morgan fingerprint density at radius 2 is 1.88 bits per heavy atom. The molecule has 4 aromatic rings. The number of carbonyl (C=O) groups excluding carboxylic acids is 1. The van der Waals surface area contributed by atoms with Gasteiger partial charge in [-0.3, -0.25) is 9.48 Å². The van der Waals surface area contributed by atoms with E-state index in [1.807, 2.05) is 6.07 Å². The first-order chi connectivity index (χ1) is 15.5. The maximum absolute atomic E-state index is 13.8. The molecule has 32 heavy (non-hydrogen) atoms. The van der Waals surface area contributed by atoms with Gasteiger partial charge in [0.05, 0.1) is 11.6 Å². The van der Waals surface area contributed by atoms with Crippen LogP contribution in [0.3, 0.4) is 0 Å². The van der Waals surface area contributed by atoms with Gasteiger partial charge in [0.15, 0.2) is 5.82 Å². The van der Waals surface area contributed by atoms with E-state index in [9.17, 15) is 9.18 Å². The van der Waals surface area contributed by atoms with Crippen molar-refractivity contribution in [3.05, 3.63) is 112 Å². The second kappa shape index (κ2) is 9.85. The minimum absolute atomic E-state index is 0.221. The van der Waals surface area contributed by atoms with Crippen molar-refractivity contribution in [3.63, 3.8) is 0 Å². The van der Waals surface area contributed by atoms with Crippen LogP contribution in [0.5, 0.6) is 5.75 Å². The fourth-order valence-corrected chi connectivity index (χ4v) is 3.39. The third-order valence-electron chi connectivity index (χ3n) is 4.65. The molecule has 1 heterocycles. The Kier molecular flexibility index (Phi) is 6.73. The second-order valence-electron chi connectivity index (χ2n) is 7.01. The SMILES string of the molecule is O=C(Nc1ccn(Cc2ccccc2F)n1)c1cccc(COc2cc(Cl)ccc2Cl)c1. The second-order valence-corrected chi connectivity index (χ2v) is 7.85. The molecule has 0 unspecified atom stereocenters. The summed E-state index contributed by atoms with van der Waals surface area (Å²) in [6.07, 6.45) is 1.68. The molecule has 0 aliphatic heterocycles. The van der Waals surface area contributed by atoms with Gasteiger partial charge in [0.2, 0.25) is 0 Å². The van der Waals surface area contributed by atoms with Crippen LogP contribution < -0.4 is 10.1 Å². The molecule has 0 saturated heterocycles. The first kappa shape index (κ1) is 21.9. The lowest BCUT2D eigenvalue weighted by atomic mass is 10.1. The van der Waals surface area contributed by atoms with Gasteiger partial charge in [-0.1, -0.05) is 53.5 Å². The molecule has 0 fully saturated rings. The highest BCUT2D eigenvalue weighted by Gasteiger charge is 2.11. The Labute approximate surface area is 194 Å². The van der Waals surface area contributed by atoms with Crippen molar-refractivity contribution in [1.82, 2.24) is 9.78 Å². The molecular weight excluding hydrogens is 452 g/mol. The number of halogens is 3. The van der Waals surface area contributed by atoms with Crippen molar-refractivity contribution >= 4 is 34.9 Å². The van der Waals surface area contributed by atoms with E-state index < -0.39 is 0 Å². The zero-order chi connectivity index (χ0) is 22.5. The van der Waals surface area contributed by atoms with Gasteiger partial charge < -0.3 is 10.1 Å². The number of benzene rings is 3. The first-order valence-electron chi connectivity index (χ1n) is 9.73. The quantitative estimate of drug-likeness (QED) is 0.350. The maximum Gasteiger partial charge on any atom is 0.256 e. The molecule has 162 valence electrons. The number of amides is 1. The van der Waals surface area contributed by atoms with Crippen molar-refractivity contribution in [2.45, 2.75) is 13.2 Å². The third-order valence-corrected chi connectivity index (χ3v) is 5.20. The predicted molar refractivity (Wildman–Crippen MR) is 123 cm³/mol. The van der Waals surface area contributed by atoms with Crippen LogP contribution >= 0.6 is 23.2 Å². The van der Waals surface area contributed by atoms with E-state index in [0.717, 1.165) is 5.56 Å². The van der Waals surface area contributed by atoms with E-state index in [4.69, 9.17) is 27.9 Å². The van der Waals surface area contributed by atoms with Crippen molar-refractivity contribution in [2.75, 3.05) is 5.32 Å². The lowest BCUT2D eigenvalue weighted by molar-refractivity contribution is 0.102. The Balaban J connectivity index is 1.39. The molecule has 0 saturated carbocycles. The Morgan fingerprint density at radius 3 is 2.72 bits per heavy atom. The minimum Gasteiger partial charge on any atom is -0.487 e. The number of hydrogen-bond acceptors (Lipinski definition) is 3. The fraction of sp³-hybridized carbons (Fsp3) is 0.0833. The number of nitrogens with one attached hydrogen (secondary N) is 1. The van der Waals surface area contributed by atoms with Crippen LogP contribution in [0.1, 0.15) is 21.5 Å². The van der Waals surface area contributed by atoms with Crippen LogP contribution in [-0.4, -0.2) is 15.7 Å². The van der Waals surface area contributed by atoms with Gasteiger partial charge in [0, 0.05) is 34.5 Å². The number of aromatic nitrogens is 2. The molecule has 0 atom stereocenters. The van der Waals surface area contributed by atoms with Crippen LogP contribution in [0, 0.1) is 5.82 Å². The highest BCUT2D eigenvalue weighted by atomic mass is 35.5. The summed E-state index contributed by atoms with van der Waals surface area (Å²) < 4.78 is 21.1. The van der Waals surface area contributed by atoms with E-state index in [1.54, 1.807) is 71.5 Å². The van der Waals surface area contributed by atoms with E-state index in [0.29, 0.717) is 32.7 Å². The Morgan fingerprint density at radius 1 is 1.03 bits per heavy atom. The van der Waals surface area contributed by atoms with Gasteiger partial charge in [-0.25, -0.2) is 4.39 Å². The normalized spacial score (nSPS) is 10.7. The lowest BCUT2D eigenvalue weighted by Crippen LogP contribution is -2.13. The molecular formula is C24H18Cl2FN3O2. The fourth-order valence-electron chi connectivity index (χ4n) is 3.06. The van der Waals surface area contributed by atoms with Gasteiger partial charge in [-0.15, -0.1) is 0 Å². The Hall–Kier alpha value is -3.35. The van der Waals surface area contributed by atoms with Crippen molar-refractivity contribution in [2.24, 2.45) is 0 Å². The van der Waals surface area contributed by atoms with Crippen molar-refractivity contribution in [1.29, 1.82) is 0 Å². The van der Waals surface area contributed by atoms with E-state index in [-0.39, 0.29) is 24.9 Å². The van der Waals surface area contributed by atoms with Gasteiger partial charge in [0.25, 0.3) is 5.91 Å². The first-order valence-corrected chi connectivity index (χ1v) is 10.5. The van der Waals surface area contributed by atoms with Crippen LogP contribution in [0.4, 0.5) is 10.2 Å². The Bertz CT molecular complexity index is 1260. The molecule has 0 bridgehead atoms. The summed E-state index contributed by atoms with van der Waals surface area (Å²) in [6, 6.07) is 20.2. The molecule has 4 rings (SSSR count). The topological polar surface area (TPSA) is 56.2 Å². The van der Waals surface area contributed by atoms with Crippen molar-refractivity contribution in [3.8, 4) is 5.75 Å². The van der Waals surface area contributed by atoms with E-state index in [1.165, 1.54) is 6.07 Å². The number of anilines is 1. The predicted octanol–water partition coefficient (Wildman–Crippen LogP) is 6.21. The highest BCUT2D eigenvalue weighted by molar-refractivity contribution is 6.34. The van der Waals surface area contributed by atoms with Crippen molar-refractivity contribution < 1.29 is 13.9 Å². The van der Waals surface area contributed by atoms with Crippen LogP contribution in [-0.2, 0) is 13.2 Å². The van der Waals surface area contributed by atoms with Crippen LogP contribution in [0.25, 0.3) is 0 Å². The molecule has 0 spiro atoms. The number of nitrogens with zero attached hydrogens (tertiary/aromatic N) is 2. The molecule has 3 aromatic carbocycles. The third kappa shape index (κ3) is 5.46. The number of ether oxygens (including phenoxy) is 1. The van der Waals surface area contributed by atoms with Crippen LogP contribution in [0.15, 0.2) is 79.0 Å². The molecule has 8 heteroatoms. The summed E-state index contributed by atoms with van der Waals surface area (Å²) in [5, 5.41) is 8.02. The molecule has 0 radical (unpaired) electrons. The highest BCUT2D eigenvalue weighted by Crippen LogP contribution is 2.28. The molecule has 1 amide bonds. The molecule has 0 aliphatic carbocycles. The summed E-state index contributed by atoms with van der Waals surface area (Å²) >= 11 is 12.1. The molecule has 5 nitrogen and oxygen atoms in total. The molecule has 1 aromatic heterocycles. The number of rotatable bonds is 7. The zero-order valence-corrected chi connectivity index (χ0v) is 18.3. The van der Waals surface area contributed by atoms with E-state index in [2.05, 4.69) is 10.4 Å².